The first-order valence-electron chi connectivity index (χ1n) is 7.13. The first-order valence-corrected chi connectivity index (χ1v) is 7.13. The lowest BCUT2D eigenvalue weighted by molar-refractivity contribution is -0.162. The molecular weight excluding hydrogens is 302 g/mol. The van der Waals surface area contributed by atoms with Gasteiger partial charge in [-0.05, 0) is 31.2 Å². The van der Waals surface area contributed by atoms with Crippen LogP contribution in [0.4, 0.5) is 5.69 Å². The monoisotopic (exact) mass is 321 g/mol. The molecule has 0 radical (unpaired) electrons. The molecule has 1 aliphatic heterocycles. The first kappa shape index (κ1) is 16.8. The molecule has 0 aliphatic carbocycles. The molecule has 0 spiro atoms. The molecule has 0 N–H and O–H groups in total. The van der Waals surface area contributed by atoms with E-state index in [0.717, 1.165) is 0 Å². The summed E-state index contributed by atoms with van der Waals surface area (Å²) in [6.45, 7) is 2.85. The molecule has 0 unspecified atom stereocenters. The maximum atomic E-state index is 12.5. The molecule has 0 aromatic heterocycles. The van der Waals surface area contributed by atoms with Crippen LogP contribution in [0.1, 0.15) is 13.8 Å². The van der Waals surface area contributed by atoms with Gasteiger partial charge >= 0.3 is 11.9 Å². The quantitative estimate of drug-likeness (QED) is 0.598. The average Bonchev–Trinajstić information content (AvgIpc) is 2.51. The van der Waals surface area contributed by atoms with Crippen LogP contribution >= 0.6 is 0 Å². The summed E-state index contributed by atoms with van der Waals surface area (Å²) in [5.41, 5.74) is 0.553. The Bertz CT molecular complexity index is 612. The lowest BCUT2D eigenvalue weighted by Gasteiger charge is -2.46. The van der Waals surface area contributed by atoms with Gasteiger partial charge in [0.15, 0.2) is 0 Å². The van der Waals surface area contributed by atoms with E-state index in [0.29, 0.717) is 11.4 Å². The number of anilines is 1. The minimum atomic E-state index is -0.824. The lowest BCUT2D eigenvalue weighted by atomic mass is 9.82. The van der Waals surface area contributed by atoms with Gasteiger partial charge in [0, 0.05) is 12.6 Å². The Morgan fingerprint density at radius 2 is 1.78 bits per heavy atom. The third kappa shape index (κ3) is 3.13. The van der Waals surface area contributed by atoms with Gasteiger partial charge in [0.05, 0.1) is 14.2 Å². The second kappa shape index (κ2) is 6.68. The van der Waals surface area contributed by atoms with Crippen molar-refractivity contribution in [3.63, 3.8) is 0 Å². The molecule has 1 aromatic rings. The van der Waals surface area contributed by atoms with Gasteiger partial charge < -0.3 is 14.2 Å². The van der Waals surface area contributed by atoms with Gasteiger partial charge in [0.1, 0.15) is 23.8 Å². The second-order valence-electron chi connectivity index (χ2n) is 5.21. The van der Waals surface area contributed by atoms with E-state index >= 15 is 0 Å². The molecule has 1 fully saturated rings. The number of rotatable bonds is 5. The molecule has 1 heterocycles. The maximum Gasteiger partial charge on any atom is 0.329 e. The third-order valence-electron chi connectivity index (χ3n) is 3.79. The van der Waals surface area contributed by atoms with Gasteiger partial charge in [-0.1, -0.05) is 0 Å². The molecule has 2 rings (SSSR count). The standard InChI is InChI=1S/C16H19NO6/c1-9(23-10(2)18)13-14(16(20)22-4)17(15(13)19)11-5-7-12(21-3)8-6-11/h5-9,13-14H,1-4H3/t9-,13+,14+/m0/s1. The van der Waals surface area contributed by atoms with Crippen molar-refractivity contribution in [2.75, 3.05) is 19.1 Å². The number of β-lactam (4-membered cyclic amide) rings is 1. The number of amides is 1. The highest BCUT2D eigenvalue weighted by atomic mass is 16.5. The SMILES string of the molecule is COC(=O)[C@H]1[C@@H]([C@H](C)OC(C)=O)C(=O)N1c1ccc(OC)cc1. The zero-order valence-corrected chi connectivity index (χ0v) is 13.4. The zero-order valence-electron chi connectivity index (χ0n) is 13.4. The summed E-state index contributed by atoms with van der Waals surface area (Å²) in [5, 5.41) is 0. The van der Waals surface area contributed by atoms with Crippen LogP contribution in [0, 0.1) is 5.92 Å². The van der Waals surface area contributed by atoms with E-state index in [-0.39, 0.29) is 5.91 Å². The van der Waals surface area contributed by atoms with E-state index in [1.165, 1.54) is 26.0 Å². The molecule has 1 aliphatic rings. The number of esters is 2. The molecule has 0 saturated carbocycles. The normalized spacial score (nSPS) is 21.2. The smallest absolute Gasteiger partial charge is 0.329 e. The van der Waals surface area contributed by atoms with Crippen molar-refractivity contribution in [2.45, 2.75) is 26.0 Å². The number of carbonyl (C=O) groups is 3. The van der Waals surface area contributed by atoms with Crippen molar-refractivity contribution in [1.29, 1.82) is 0 Å². The van der Waals surface area contributed by atoms with Crippen LogP contribution in [-0.4, -0.2) is 44.2 Å². The van der Waals surface area contributed by atoms with Crippen LogP contribution in [0.5, 0.6) is 5.75 Å². The largest absolute Gasteiger partial charge is 0.497 e. The Labute approximate surface area is 134 Å². The van der Waals surface area contributed by atoms with Crippen molar-refractivity contribution in [1.82, 2.24) is 0 Å². The molecular formula is C16H19NO6. The van der Waals surface area contributed by atoms with Crippen LogP contribution in [0.2, 0.25) is 0 Å². The summed E-state index contributed by atoms with van der Waals surface area (Å²) in [4.78, 5) is 37.0. The second-order valence-corrected chi connectivity index (χ2v) is 5.21. The van der Waals surface area contributed by atoms with Crippen molar-refractivity contribution in [3.05, 3.63) is 24.3 Å². The van der Waals surface area contributed by atoms with Gasteiger partial charge in [-0.15, -0.1) is 0 Å². The Kier molecular flexibility index (Phi) is 4.88. The van der Waals surface area contributed by atoms with Gasteiger partial charge in [-0.2, -0.15) is 0 Å². The first-order chi connectivity index (χ1) is 10.9. The highest BCUT2D eigenvalue weighted by molar-refractivity contribution is 6.11. The third-order valence-corrected chi connectivity index (χ3v) is 3.79. The average molecular weight is 321 g/mol. The maximum absolute atomic E-state index is 12.5. The number of nitrogens with zero attached hydrogens (tertiary/aromatic N) is 1. The fraction of sp³-hybridized carbons (Fsp3) is 0.438. The van der Waals surface area contributed by atoms with Crippen molar-refractivity contribution in [3.8, 4) is 5.75 Å². The Hall–Kier alpha value is -2.57. The number of ether oxygens (including phenoxy) is 3. The molecule has 7 heteroatoms. The number of methoxy groups -OCH3 is 2. The highest BCUT2D eigenvalue weighted by Crippen LogP contribution is 2.37. The van der Waals surface area contributed by atoms with E-state index in [1.807, 2.05) is 0 Å². The van der Waals surface area contributed by atoms with Crippen molar-refractivity contribution in [2.24, 2.45) is 5.92 Å². The molecule has 7 nitrogen and oxygen atoms in total. The van der Waals surface area contributed by atoms with Crippen molar-refractivity contribution >= 4 is 23.5 Å². The molecule has 124 valence electrons. The predicted molar refractivity (Wildman–Crippen MR) is 81.0 cm³/mol. The van der Waals surface area contributed by atoms with Gasteiger partial charge in [0.2, 0.25) is 5.91 Å². The van der Waals surface area contributed by atoms with Crippen LogP contribution in [0.3, 0.4) is 0 Å². The van der Waals surface area contributed by atoms with E-state index < -0.39 is 30.0 Å². The molecule has 3 atom stereocenters. The number of carbonyl (C=O) groups excluding carboxylic acids is 3. The zero-order chi connectivity index (χ0) is 17.1. The summed E-state index contributed by atoms with van der Waals surface area (Å²) < 4.78 is 14.9. The van der Waals surface area contributed by atoms with Gasteiger partial charge in [0.25, 0.3) is 0 Å². The van der Waals surface area contributed by atoms with Crippen LogP contribution in [0.25, 0.3) is 0 Å². The number of hydrogen-bond donors (Lipinski definition) is 0. The number of benzene rings is 1. The summed E-state index contributed by atoms with van der Waals surface area (Å²) in [6, 6.07) is 5.92. The van der Waals surface area contributed by atoms with E-state index in [4.69, 9.17) is 14.2 Å². The summed E-state index contributed by atoms with van der Waals surface area (Å²) in [5.74, 6) is -1.46. The Morgan fingerprint density at radius 3 is 2.26 bits per heavy atom. The fourth-order valence-corrected chi connectivity index (χ4v) is 2.71. The van der Waals surface area contributed by atoms with E-state index in [9.17, 15) is 14.4 Å². The fourth-order valence-electron chi connectivity index (χ4n) is 2.71. The van der Waals surface area contributed by atoms with E-state index in [2.05, 4.69) is 0 Å². The van der Waals surface area contributed by atoms with Gasteiger partial charge in [-0.25, -0.2) is 4.79 Å². The molecule has 1 aromatic carbocycles. The van der Waals surface area contributed by atoms with Crippen molar-refractivity contribution < 1.29 is 28.6 Å². The van der Waals surface area contributed by atoms with Crippen LogP contribution in [0.15, 0.2) is 24.3 Å². The number of hydrogen-bond acceptors (Lipinski definition) is 6. The molecule has 1 amide bonds. The van der Waals surface area contributed by atoms with Crippen LogP contribution < -0.4 is 9.64 Å². The Balaban J connectivity index is 2.27. The molecule has 0 bridgehead atoms. The Morgan fingerprint density at radius 1 is 1.17 bits per heavy atom. The van der Waals surface area contributed by atoms with Crippen LogP contribution in [-0.2, 0) is 23.9 Å². The summed E-state index contributed by atoms with van der Waals surface area (Å²) >= 11 is 0. The molecule has 1 saturated heterocycles. The topological polar surface area (TPSA) is 82.1 Å². The predicted octanol–water partition coefficient (Wildman–Crippen LogP) is 1.15. The summed E-state index contributed by atoms with van der Waals surface area (Å²) in [6.07, 6.45) is -0.710. The lowest BCUT2D eigenvalue weighted by Crippen LogP contribution is -2.68. The summed E-state index contributed by atoms with van der Waals surface area (Å²) in [7, 11) is 2.79. The minimum absolute atomic E-state index is 0.292. The highest BCUT2D eigenvalue weighted by Gasteiger charge is 2.56. The van der Waals surface area contributed by atoms with Gasteiger partial charge in [-0.3, -0.25) is 14.5 Å². The minimum Gasteiger partial charge on any atom is -0.497 e. The molecule has 23 heavy (non-hydrogen) atoms. The van der Waals surface area contributed by atoms with E-state index in [1.54, 1.807) is 31.2 Å².